The van der Waals surface area contributed by atoms with Crippen molar-refractivity contribution in [1.82, 2.24) is 18.7 Å². The molecule has 2 aromatic heterocycles. The number of hydrogen-bond acceptors (Lipinski definition) is 7. The number of nitro groups is 1. The molecule has 0 bridgehead atoms. The summed E-state index contributed by atoms with van der Waals surface area (Å²) < 4.78 is 4.24. The van der Waals surface area contributed by atoms with Crippen molar-refractivity contribution in [3.05, 3.63) is 133 Å². The third-order valence-corrected chi connectivity index (χ3v) is 6.40. The molecule has 0 aliphatic rings. The van der Waals surface area contributed by atoms with Gasteiger partial charge < -0.3 is 0 Å². The van der Waals surface area contributed by atoms with Crippen LogP contribution in [0.5, 0.6) is 0 Å². The summed E-state index contributed by atoms with van der Waals surface area (Å²) in [6, 6.07) is 25.0. The van der Waals surface area contributed by atoms with Gasteiger partial charge in [0.05, 0.1) is 23.7 Å². The molecule has 11 heteroatoms. The van der Waals surface area contributed by atoms with E-state index in [0.717, 1.165) is 11.1 Å². The number of anilines is 1. The molecule has 0 radical (unpaired) electrons. The number of aromatic nitrogens is 4. The van der Waals surface area contributed by atoms with E-state index in [2.05, 4.69) is 15.5 Å². The quantitative estimate of drug-likeness (QED) is 0.187. The summed E-state index contributed by atoms with van der Waals surface area (Å²) in [5.41, 5.74) is 5.17. The van der Waals surface area contributed by atoms with E-state index in [9.17, 15) is 19.7 Å². The molecule has 0 aliphatic heterocycles. The van der Waals surface area contributed by atoms with Crippen LogP contribution in [0.1, 0.15) is 23.6 Å². The van der Waals surface area contributed by atoms with E-state index in [4.69, 9.17) is 0 Å². The Balaban J connectivity index is 1.64. The minimum atomic E-state index is -0.483. The standard InChI is InChI=1S/C28H25N7O4/c1-19(22-14-9-15-23(16-22)35(38)39)30-31-27-29-25-24(33(27)17-20-10-5-3-6-11-20)26(36)34(28(37)32(25)2)18-21-12-7-4-8-13-21/h3-16H,17-18H2,1-2H3,(H,29,31)/b30-19-. The van der Waals surface area contributed by atoms with Gasteiger partial charge in [0.2, 0.25) is 5.95 Å². The van der Waals surface area contributed by atoms with Crippen molar-refractivity contribution in [3.63, 3.8) is 0 Å². The molecule has 196 valence electrons. The summed E-state index contributed by atoms with van der Waals surface area (Å²) >= 11 is 0. The maximum Gasteiger partial charge on any atom is 0.332 e. The zero-order valence-electron chi connectivity index (χ0n) is 21.3. The average molecular weight is 524 g/mol. The summed E-state index contributed by atoms with van der Waals surface area (Å²) in [6.07, 6.45) is 0. The van der Waals surface area contributed by atoms with Gasteiger partial charge >= 0.3 is 5.69 Å². The molecular weight excluding hydrogens is 498 g/mol. The van der Waals surface area contributed by atoms with Crippen LogP contribution in [-0.2, 0) is 20.1 Å². The largest absolute Gasteiger partial charge is 0.332 e. The maximum absolute atomic E-state index is 13.8. The van der Waals surface area contributed by atoms with Gasteiger partial charge in [-0.2, -0.15) is 10.1 Å². The lowest BCUT2D eigenvalue weighted by atomic mass is 10.1. The van der Waals surface area contributed by atoms with Crippen LogP contribution in [0.3, 0.4) is 0 Å². The smallest absolute Gasteiger partial charge is 0.298 e. The first-order valence-electron chi connectivity index (χ1n) is 12.2. The normalized spacial score (nSPS) is 11.6. The first kappa shape index (κ1) is 25.3. The van der Waals surface area contributed by atoms with E-state index in [-0.39, 0.29) is 29.3 Å². The van der Waals surface area contributed by atoms with Crippen LogP contribution in [0.4, 0.5) is 11.6 Å². The number of hydrogen-bond donors (Lipinski definition) is 1. The van der Waals surface area contributed by atoms with Crippen LogP contribution in [0.25, 0.3) is 11.2 Å². The highest BCUT2D eigenvalue weighted by atomic mass is 16.6. The number of benzene rings is 3. The van der Waals surface area contributed by atoms with Crippen LogP contribution >= 0.6 is 0 Å². The highest BCUT2D eigenvalue weighted by Crippen LogP contribution is 2.19. The zero-order chi connectivity index (χ0) is 27.5. The maximum atomic E-state index is 13.8. The van der Waals surface area contributed by atoms with E-state index in [1.807, 2.05) is 60.7 Å². The van der Waals surface area contributed by atoms with E-state index < -0.39 is 16.2 Å². The fourth-order valence-electron chi connectivity index (χ4n) is 4.33. The number of hydrazone groups is 1. The molecule has 5 rings (SSSR count). The van der Waals surface area contributed by atoms with E-state index in [1.165, 1.54) is 21.3 Å². The molecule has 5 aromatic rings. The number of nitro benzene ring substituents is 1. The Bertz CT molecular complexity index is 1820. The number of aryl methyl sites for hydroxylation is 1. The SMILES string of the molecule is C/C(=N/Nc1nc2c(c(=O)n(Cc3ccccc3)c(=O)n2C)n1Cc1ccccc1)c1cccc([N+](=O)[O-])c1. The first-order valence-corrected chi connectivity index (χ1v) is 12.2. The van der Waals surface area contributed by atoms with Crippen molar-refractivity contribution in [3.8, 4) is 0 Å². The summed E-state index contributed by atoms with van der Waals surface area (Å²) in [6.45, 7) is 2.12. The van der Waals surface area contributed by atoms with Crippen LogP contribution in [0, 0.1) is 10.1 Å². The van der Waals surface area contributed by atoms with Crippen LogP contribution < -0.4 is 16.7 Å². The number of imidazole rings is 1. The fraction of sp³-hybridized carbons (Fsp3) is 0.143. The molecule has 0 atom stereocenters. The Kier molecular flexibility index (Phi) is 6.87. The molecule has 2 heterocycles. The lowest BCUT2D eigenvalue weighted by molar-refractivity contribution is -0.384. The first-order chi connectivity index (χ1) is 18.8. The van der Waals surface area contributed by atoms with Gasteiger partial charge in [0.25, 0.3) is 11.2 Å². The Morgan fingerprint density at radius 3 is 2.15 bits per heavy atom. The summed E-state index contributed by atoms with van der Waals surface area (Å²) in [5, 5.41) is 15.6. The predicted octanol–water partition coefficient (Wildman–Crippen LogP) is 3.74. The number of non-ortho nitro benzene ring substituents is 1. The molecule has 11 nitrogen and oxygen atoms in total. The topological polar surface area (TPSA) is 129 Å². The van der Waals surface area contributed by atoms with Crippen molar-refractivity contribution in [2.45, 2.75) is 20.0 Å². The molecule has 0 saturated carbocycles. The molecule has 0 saturated heterocycles. The van der Waals surface area contributed by atoms with E-state index in [0.29, 0.717) is 17.8 Å². The molecule has 0 amide bonds. The van der Waals surface area contributed by atoms with Crippen molar-refractivity contribution >= 4 is 28.5 Å². The second-order valence-corrected chi connectivity index (χ2v) is 9.01. The third-order valence-electron chi connectivity index (χ3n) is 6.40. The average Bonchev–Trinajstić information content (AvgIpc) is 3.32. The molecule has 0 fully saturated rings. The second kappa shape index (κ2) is 10.6. The molecular formula is C28H25N7O4. The van der Waals surface area contributed by atoms with Crippen LogP contribution in [0.2, 0.25) is 0 Å². The number of nitrogens with zero attached hydrogens (tertiary/aromatic N) is 6. The van der Waals surface area contributed by atoms with Crippen molar-refractivity contribution < 1.29 is 4.92 Å². The van der Waals surface area contributed by atoms with Crippen LogP contribution in [-0.4, -0.2) is 29.3 Å². The van der Waals surface area contributed by atoms with Crippen molar-refractivity contribution in [1.29, 1.82) is 0 Å². The molecule has 0 unspecified atom stereocenters. The summed E-state index contributed by atoms with van der Waals surface area (Å²) in [7, 11) is 1.58. The Labute approximate surface area is 222 Å². The number of fused-ring (bicyclic) bond motifs is 1. The molecule has 0 spiro atoms. The molecule has 39 heavy (non-hydrogen) atoms. The Hall–Kier alpha value is -5.32. The minimum Gasteiger partial charge on any atom is -0.298 e. The molecule has 0 aliphatic carbocycles. The van der Waals surface area contributed by atoms with E-state index in [1.54, 1.807) is 30.7 Å². The molecule has 1 N–H and O–H groups in total. The Morgan fingerprint density at radius 2 is 1.54 bits per heavy atom. The van der Waals surface area contributed by atoms with Crippen molar-refractivity contribution in [2.75, 3.05) is 5.43 Å². The predicted molar refractivity (Wildman–Crippen MR) is 149 cm³/mol. The van der Waals surface area contributed by atoms with Crippen LogP contribution in [0.15, 0.2) is 99.6 Å². The Morgan fingerprint density at radius 1 is 0.923 bits per heavy atom. The van der Waals surface area contributed by atoms with Gasteiger partial charge in [-0.15, -0.1) is 0 Å². The fourth-order valence-corrected chi connectivity index (χ4v) is 4.33. The highest BCUT2D eigenvalue weighted by Gasteiger charge is 2.21. The minimum absolute atomic E-state index is 0.0488. The van der Waals surface area contributed by atoms with Gasteiger partial charge in [0.1, 0.15) is 0 Å². The van der Waals surface area contributed by atoms with Gasteiger partial charge in [0, 0.05) is 24.7 Å². The second-order valence-electron chi connectivity index (χ2n) is 9.01. The number of rotatable bonds is 8. The van der Waals surface area contributed by atoms with Gasteiger partial charge in [-0.25, -0.2) is 10.2 Å². The van der Waals surface area contributed by atoms with Gasteiger partial charge in [0.15, 0.2) is 11.2 Å². The highest BCUT2D eigenvalue weighted by molar-refractivity contribution is 5.99. The van der Waals surface area contributed by atoms with E-state index >= 15 is 0 Å². The lowest BCUT2D eigenvalue weighted by Gasteiger charge is -2.11. The van der Waals surface area contributed by atoms with Gasteiger partial charge in [-0.1, -0.05) is 72.8 Å². The molecule has 3 aromatic carbocycles. The lowest BCUT2D eigenvalue weighted by Crippen LogP contribution is -2.40. The van der Waals surface area contributed by atoms with Crippen molar-refractivity contribution in [2.24, 2.45) is 12.1 Å². The van der Waals surface area contributed by atoms with Gasteiger partial charge in [-0.05, 0) is 18.1 Å². The van der Waals surface area contributed by atoms with Gasteiger partial charge in [-0.3, -0.25) is 28.6 Å². The number of nitrogens with one attached hydrogen (secondary N) is 1. The summed E-state index contributed by atoms with van der Waals surface area (Å²) in [4.78, 5) is 42.2. The summed E-state index contributed by atoms with van der Waals surface area (Å²) in [5.74, 6) is 0.253. The monoisotopic (exact) mass is 523 g/mol. The zero-order valence-corrected chi connectivity index (χ0v) is 21.3. The third kappa shape index (κ3) is 5.10.